The highest BCUT2D eigenvalue weighted by Crippen LogP contribution is 2.32. The first kappa shape index (κ1) is 18.1. The first-order valence-electron chi connectivity index (χ1n) is 8.28. The third-order valence-corrected chi connectivity index (χ3v) is 4.65. The average molecular weight is 339 g/mol. The van der Waals surface area contributed by atoms with Crippen molar-refractivity contribution in [1.29, 1.82) is 0 Å². The van der Waals surface area contributed by atoms with Crippen LogP contribution >= 0.6 is 12.4 Å². The molecular formula is C17H27ClN4O. The normalized spacial score (nSPS) is 26.5. The molecule has 1 aromatic heterocycles. The fraction of sp³-hybridized carbons (Fsp3) is 0.706. The lowest BCUT2D eigenvalue weighted by Crippen LogP contribution is -2.39. The van der Waals surface area contributed by atoms with E-state index >= 15 is 0 Å². The molecule has 128 valence electrons. The average Bonchev–Trinajstić information content (AvgIpc) is 2.77. The summed E-state index contributed by atoms with van der Waals surface area (Å²) in [7, 11) is 0. The molecule has 2 fully saturated rings. The van der Waals surface area contributed by atoms with Crippen LogP contribution in [-0.2, 0) is 10.2 Å². The van der Waals surface area contributed by atoms with Crippen molar-refractivity contribution >= 4 is 24.0 Å². The van der Waals surface area contributed by atoms with Crippen LogP contribution in [0.5, 0.6) is 0 Å². The molecule has 2 saturated heterocycles. The summed E-state index contributed by atoms with van der Waals surface area (Å²) in [6.07, 6.45) is 8.81. The van der Waals surface area contributed by atoms with Gasteiger partial charge in [0.15, 0.2) is 0 Å². The monoisotopic (exact) mass is 338 g/mol. The fourth-order valence-corrected chi connectivity index (χ4v) is 3.60. The molecule has 1 aromatic rings. The third-order valence-electron chi connectivity index (χ3n) is 4.65. The van der Waals surface area contributed by atoms with Crippen LogP contribution in [0.25, 0.3) is 0 Å². The van der Waals surface area contributed by atoms with Crippen LogP contribution in [0, 0.1) is 5.92 Å². The number of carbonyl (C=O) groups excluding carboxylic acids is 1. The standard InChI is InChI=1S/C17H26N4O.ClH/c1-17(2,3)16-18-9-14(10-19-16)21-15(22)8-11-6-12-4-5-13(7-11)20-12;/h9-13,20H,4-8H2,1-3H3,(H,21,22);1H. The number of nitrogens with zero attached hydrogens (tertiary/aromatic N) is 2. The summed E-state index contributed by atoms with van der Waals surface area (Å²) < 4.78 is 0. The van der Waals surface area contributed by atoms with E-state index in [-0.39, 0.29) is 23.7 Å². The van der Waals surface area contributed by atoms with Crippen LogP contribution in [-0.4, -0.2) is 28.0 Å². The van der Waals surface area contributed by atoms with Gasteiger partial charge < -0.3 is 10.6 Å². The zero-order valence-corrected chi connectivity index (χ0v) is 14.9. The Hall–Kier alpha value is -1.20. The Morgan fingerprint density at radius 1 is 1.22 bits per heavy atom. The number of carbonyl (C=O) groups is 1. The van der Waals surface area contributed by atoms with Crippen LogP contribution in [0.3, 0.4) is 0 Å². The van der Waals surface area contributed by atoms with Crippen molar-refractivity contribution in [3.63, 3.8) is 0 Å². The number of anilines is 1. The maximum absolute atomic E-state index is 12.2. The quantitative estimate of drug-likeness (QED) is 0.888. The van der Waals surface area contributed by atoms with Crippen molar-refractivity contribution in [2.45, 2.75) is 70.4 Å². The van der Waals surface area contributed by atoms with E-state index in [4.69, 9.17) is 0 Å². The zero-order valence-electron chi connectivity index (χ0n) is 14.1. The van der Waals surface area contributed by atoms with Crippen LogP contribution in [0.15, 0.2) is 12.4 Å². The van der Waals surface area contributed by atoms with Crippen molar-refractivity contribution in [3.8, 4) is 0 Å². The van der Waals surface area contributed by atoms with E-state index in [9.17, 15) is 4.79 Å². The van der Waals surface area contributed by atoms with E-state index in [1.54, 1.807) is 12.4 Å². The predicted molar refractivity (Wildman–Crippen MR) is 93.9 cm³/mol. The Balaban J connectivity index is 0.00000192. The molecule has 0 saturated carbocycles. The van der Waals surface area contributed by atoms with Crippen molar-refractivity contribution in [2.75, 3.05) is 5.32 Å². The summed E-state index contributed by atoms with van der Waals surface area (Å²) in [5, 5.41) is 6.55. The van der Waals surface area contributed by atoms with E-state index in [1.165, 1.54) is 12.8 Å². The Morgan fingerprint density at radius 3 is 2.30 bits per heavy atom. The van der Waals surface area contributed by atoms with Gasteiger partial charge in [-0.25, -0.2) is 9.97 Å². The maximum Gasteiger partial charge on any atom is 0.224 e. The number of aromatic nitrogens is 2. The number of hydrogen-bond acceptors (Lipinski definition) is 4. The number of halogens is 1. The Labute approximate surface area is 144 Å². The van der Waals surface area contributed by atoms with Gasteiger partial charge in [-0.1, -0.05) is 20.8 Å². The Kier molecular flexibility index (Phi) is 5.63. The molecule has 3 rings (SSSR count). The number of hydrogen-bond donors (Lipinski definition) is 2. The minimum absolute atomic E-state index is 0. The summed E-state index contributed by atoms with van der Waals surface area (Å²) in [5.74, 6) is 1.38. The second kappa shape index (κ2) is 7.14. The van der Waals surface area contributed by atoms with Gasteiger partial charge in [-0.2, -0.15) is 0 Å². The van der Waals surface area contributed by atoms with Gasteiger partial charge >= 0.3 is 0 Å². The van der Waals surface area contributed by atoms with Gasteiger partial charge in [0.25, 0.3) is 0 Å². The summed E-state index contributed by atoms with van der Waals surface area (Å²) in [6.45, 7) is 6.23. The number of fused-ring (bicyclic) bond motifs is 2. The highest BCUT2D eigenvalue weighted by atomic mass is 35.5. The van der Waals surface area contributed by atoms with Crippen molar-refractivity contribution in [1.82, 2.24) is 15.3 Å². The van der Waals surface area contributed by atoms with Crippen molar-refractivity contribution < 1.29 is 4.79 Å². The highest BCUT2D eigenvalue weighted by Gasteiger charge is 2.34. The number of rotatable bonds is 3. The molecule has 2 N–H and O–H groups in total. The van der Waals surface area contributed by atoms with Gasteiger partial charge in [-0.15, -0.1) is 12.4 Å². The predicted octanol–water partition coefficient (Wildman–Crippen LogP) is 3.06. The van der Waals surface area contributed by atoms with E-state index in [1.807, 2.05) is 0 Å². The summed E-state index contributed by atoms with van der Waals surface area (Å²) >= 11 is 0. The van der Waals surface area contributed by atoms with Gasteiger partial charge in [-0.05, 0) is 31.6 Å². The molecule has 2 unspecified atom stereocenters. The molecule has 6 heteroatoms. The molecule has 23 heavy (non-hydrogen) atoms. The Morgan fingerprint density at radius 2 is 1.78 bits per heavy atom. The third kappa shape index (κ3) is 4.64. The molecule has 0 aromatic carbocycles. The van der Waals surface area contributed by atoms with Crippen LogP contribution in [0.4, 0.5) is 5.69 Å². The fourth-order valence-electron chi connectivity index (χ4n) is 3.60. The first-order valence-corrected chi connectivity index (χ1v) is 8.28. The largest absolute Gasteiger partial charge is 0.323 e. The van der Waals surface area contributed by atoms with Crippen molar-refractivity contribution in [2.24, 2.45) is 5.92 Å². The lowest BCUT2D eigenvalue weighted by molar-refractivity contribution is -0.117. The second-order valence-corrected chi connectivity index (χ2v) is 7.77. The molecular weight excluding hydrogens is 312 g/mol. The van der Waals surface area contributed by atoms with Gasteiger partial charge in [0, 0.05) is 23.9 Å². The van der Waals surface area contributed by atoms with E-state index in [2.05, 4.69) is 41.4 Å². The van der Waals surface area contributed by atoms with E-state index in [0.717, 1.165) is 18.7 Å². The molecule has 0 radical (unpaired) electrons. The number of amides is 1. The zero-order chi connectivity index (χ0) is 15.7. The highest BCUT2D eigenvalue weighted by molar-refractivity contribution is 5.90. The van der Waals surface area contributed by atoms with E-state index in [0.29, 0.717) is 30.1 Å². The topological polar surface area (TPSA) is 66.9 Å². The second-order valence-electron chi connectivity index (χ2n) is 7.77. The maximum atomic E-state index is 12.2. The minimum Gasteiger partial charge on any atom is -0.323 e. The molecule has 3 heterocycles. The molecule has 2 atom stereocenters. The first-order chi connectivity index (χ1) is 10.4. The lowest BCUT2D eigenvalue weighted by atomic mass is 9.89. The SMILES string of the molecule is CC(C)(C)c1ncc(NC(=O)CC2CC3CCC(C2)N3)cn1.Cl. The van der Waals surface area contributed by atoms with E-state index < -0.39 is 0 Å². The molecule has 2 bridgehead atoms. The van der Waals surface area contributed by atoms with Gasteiger partial charge in [0.2, 0.25) is 5.91 Å². The summed E-state index contributed by atoms with van der Waals surface area (Å²) in [4.78, 5) is 20.9. The summed E-state index contributed by atoms with van der Waals surface area (Å²) in [5.41, 5.74) is 0.617. The minimum atomic E-state index is -0.0725. The van der Waals surface area contributed by atoms with Gasteiger partial charge in [-0.3, -0.25) is 4.79 Å². The van der Waals surface area contributed by atoms with Crippen LogP contribution in [0.2, 0.25) is 0 Å². The number of nitrogens with one attached hydrogen (secondary N) is 2. The molecule has 0 spiro atoms. The molecule has 1 amide bonds. The summed E-state index contributed by atoms with van der Waals surface area (Å²) in [6, 6.07) is 1.26. The lowest BCUT2D eigenvalue weighted by Gasteiger charge is -2.28. The van der Waals surface area contributed by atoms with Crippen LogP contribution < -0.4 is 10.6 Å². The Bertz CT molecular complexity index is 529. The smallest absolute Gasteiger partial charge is 0.224 e. The molecule has 5 nitrogen and oxygen atoms in total. The molecule has 2 aliphatic heterocycles. The molecule has 0 aliphatic carbocycles. The van der Waals surface area contributed by atoms with Crippen molar-refractivity contribution in [3.05, 3.63) is 18.2 Å². The van der Waals surface area contributed by atoms with Gasteiger partial charge in [0.1, 0.15) is 5.82 Å². The number of piperidine rings is 1. The van der Waals surface area contributed by atoms with Crippen LogP contribution in [0.1, 0.15) is 58.7 Å². The van der Waals surface area contributed by atoms with Gasteiger partial charge in [0.05, 0.1) is 18.1 Å². The molecule has 2 aliphatic rings.